The third-order valence-corrected chi connectivity index (χ3v) is 6.27. The molecule has 0 radical (unpaired) electrons. The molecule has 0 atom stereocenters. The van der Waals surface area contributed by atoms with Crippen molar-refractivity contribution >= 4 is 23.6 Å². The van der Waals surface area contributed by atoms with Gasteiger partial charge in [-0.2, -0.15) is 0 Å². The normalized spacial score (nSPS) is 14.9. The lowest BCUT2D eigenvalue weighted by Crippen LogP contribution is -2.53. The largest absolute Gasteiger partial charge is 0.361 e. The molecule has 0 saturated carbocycles. The molecule has 1 saturated heterocycles. The minimum Gasteiger partial charge on any atom is -0.361 e. The molecule has 2 heterocycles. The number of carbonyl (C=O) groups is 2. The molecule has 1 aromatic carbocycles. The van der Waals surface area contributed by atoms with Crippen LogP contribution in [0.5, 0.6) is 0 Å². The topological polar surface area (TPSA) is 66.7 Å². The van der Waals surface area contributed by atoms with Gasteiger partial charge in [0.2, 0.25) is 5.91 Å². The van der Waals surface area contributed by atoms with E-state index in [1.807, 2.05) is 68.7 Å². The maximum Gasteiger partial charge on any atom is 0.255 e. The summed E-state index contributed by atoms with van der Waals surface area (Å²) >= 11 is 1.62. The molecule has 1 aromatic heterocycles. The van der Waals surface area contributed by atoms with Crippen molar-refractivity contribution in [3.63, 3.8) is 0 Å². The van der Waals surface area contributed by atoms with Gasteiger partial charge >= 0.3 is 0 Å². The molecular formula is C22H29N3O3S. The second-order valence-electron chi connectivity index (χ2n) is 8.42. The Balaban J connectivity index is 1.67. The van der Waals surface area contributed by atoms with Gasteiger partial charge in [0.25, 0.3) is 5.91 Å². The van der Waals surface area contributed by atoms with Gasteiger partial charge in [-0.15, -0.1) is 11.8 Å². The van der Waals surface area contributed by atoms with E-state index in [9.17, 15) is 9.59 Å². The van der Waals surface area contributed by atoms with E-state index in [1.165, 1.54) is 0 Å². The molecule has 2 aromatic rings. The Morgan fingerprint density at radius 2 is 1.69 bits per heavy atom. The first-order valence-electron chi connectivity index (χ1n) is 9.90. The molecule has 29 heavy (non-hydrogen) atoms. The van der Waals surface area contributed by atoms with Crippen molar-refractivity contribution in [2.45, 2.75) is 45.3 Å². The molecule has 7 heteroatoms. The predicted molar refractivity (Wildman–Crippen MR) is 114 cm³/mol. The predicted octanol–water partition coefficient (Wildman–Crippen LogP) is 3.91. The Morgan fingerprint density at radius 3 is 2.28 bits per heavy atom. The molecule has 0 unspecified atom stereocenters. The summed E-state index contributed by atoms with van der Waals surface area (Å²) in [5.74, 6) is 1.69. The van der Waals surface area contributed by atoms with Crippen LogP contribution in [0.1, 0.15) is 48.1 Å². The minimum atomic E-state index is -0.395. The fourth-order valence-corrected chi connectivity index (χ4v) is 4.58. The van der Waals surface area contributed by atoms with Crippen LogP contribution in [0.3, 0.4) is 0 Å². The fraction of sp³-hybridized carbons (Fsp3) is 0.500. The second-order valence-corrected chi connectivity index (χ2v) is 9.44. The summed E-state index contributed by atoms with van der Waals surface area (Å²) in [7, 11) is 0. The zero-order chi connectivity index (χ0) is 21.2. The first-order valence-corrected chi connectivity index (χ1v) is 10.9. The number of nitrogens with zero attached hydrogens (tertiary/aromatic N) is 3. The summed E-state index contributed by atoms with van der Waals surface area (Å²) in [4.78, 5) is 30.3. The standard InChI is InChI=1S/C22H29N3O3S/c1-15-18(16(2)28-23-15)14-29-19-9-7-6-8-17(19)20(26)24-10-12-25(13-11-24)21(27)22(3,4)5/h6-9H,10-14H2,1-5H3. The number of amides is 2. The maximum absolute atomic E-state index is 13.2. The number of benzene rings is 1. The van der Waals surface area contributed by atoms with Crippen LogP contribution in [-0.4, -0.2) is 52.9 Å². The van der Waals surface area contributed by atoms with E-state index in [2.05, 4.69) is 5.16 Å². The van der Waals surface area contributed by atoms with E-state index in [0.717, 1.165) is 21.9 Å². The third kappa shape index (κ3) is 4.83. The van der Waals surface area contributed by atoms with Crippen LogP contribution in [0.15, 0.2) is 33.7 Å². The third-order valence-electron chi connectivity index (χ3n) is 5.17. The molecule has 0 bridgehead atoms. The number of rotatable bonds is 4. The van der Waals surface area contributed by atoms with Crippen molar-refractivity contribution < 1.29 is 14.1 Å². The Morgan fingerprint density at radius 1 is 1.07 bits per heavy atom. The summed E-state index contributed by atoms with van der Waals surface area (Å²) in [5.41, 5.74) is 2.28. The molecule has 0 N–H and O–H groups in total. The number of piperazine rings is 1. The van der Waals surface area contributed by atoms with Crippen LogP contribution in [0.25, 0.3) is 0 Å². The van der Waals surface area contributed by atoms with Crippen LogP contribution in [-0.2, 0) is 10.5 Å². The highest BCUT2D eigenvalue weighted by Gasteiger charge is 2.31. The number of hydrogen-bond donors (Lipinski definition) is 0. The Bertz CT molecular complexity index is 873. The van der Waals surface area contributed by atoms with Gasteiger partial charge in [0, 0.05) is 47.8 Å². The molecule has 0 aliphatic carbocycles. The van der Waals surface area contributed by atoms with E-state index in [4.69, 9.17) is 4.52 Å². The zero-order valence-electron chi connectivity index (χ0n) is 17.8. The lowest BCUT2D eigenvalue weighted by Gasteiger charge is -2.37. The molecule has 1 aliphatic rings. The molecule has 0 spiro atoms. The summed E-state index contributed by atoms with van der Waals surface area (Å²) < 4.78 is 5.24. The van der Waals surface area contributed by atoms with Gasteiger partial charge in [0.05, 0.1) is 11.3 Å². The molecule has 2 amide bonds. The first-order chi connectivity index (χ1) is 13.7. The molecule has 156 valence electrons. The Kier molecular flexibility index (Phi) is 6.36. The van der Waals surface area contributed by atoms with Crippen LogP contribution >= 0.6 is 11.8 Å². The van der Waals surface area contributed by atoms with Crippen molar-refractivity contribution in [3.8, 4) is 0 Å². The van der Waals surface area contributed by atoms with E-state index in [1.54, 1.807) is 11.8 Å². The minimum absolute atomic E-state index is 0.0229. The highest BCUT2D eigenvalue weighted by molar-refractivity contribution is 7.98. The van der Waals surface area contributed by atoms with Crippen LogP contribution in [0.2, 0.25) is 0 Å². The number of aryl methyl sites for hydroxylation is 2. The number of aromatic nitrogens is 1. The van der Waals surface area contributed by atoms with E-state index in [-0.39, 0.29) is 11.8 Å². The van der Waals surface area contributed by atoms with Gasteiger partial charge < -0.3 is 14.3 Å². The van der Waals surface area contributed by atoms with E-state index < -0.39 is 5.41 Å². The lowest BCUT2D eigenvalue weighted by molar-refractivity contribution is -0.140. The molecule has 1 aliphatic heterocycles. The summed E-state index contributed by atoms with van der Waals surface area (Å²) in [6.45, 7) is 11.9. The van der Waals surface area contributed by atoms with Crippen molar-refractivity contribution in [2.24, 2.45) is 5.41 Å². The van der Waals surface area contributed by atoms with E-state index in [0.29, 0.717) is 37.5 Å². The Labute approximate surface area is 176 Å². The monoisotopic (exact) mass is 415 g/mol. The van der Waals surface area contributed by atoms with Crippen molar-refractivity contribution in [3.05, 3.63) is 46.8 Å². The van der Waals surface area contributed by atoms with Gasteiger partial charge in [-0.3, -0.25) is 9.59 Å². The zero-order valence-corrected chi connectivity index (χ0v) is 18.6. The van der Waals surface area contributed by atoms with E-state index >= 15 is 0 Å². The van der Waals surface area contributed by atoms with Gasteiger partial charge in [0.15, 0.2) is 0 Å². The molecule has 1 fully saturated rings. The highest BCUT2D eigenvalue weighted by atomic mass is 32.2. The lowest BCUT2D eigenvalue weighted by atomic mass is 9.94. The van der Waals surface area contributed by atoms with Gasteiger partial charge in [-0.25, -0.2) is 0 Å². The summed E-state index contributed by atoms with van der Waals surface area (Å²) in [5, 5.41) is 4.00. The average molecular weight is 416 g/mol. The quantitative estimate of drug-likeness (QED) is 0.708. The average Bonchev–Trinajstić information content (AvgIpc) is 3.02. The molecule has 3 rings (SSSR count). The van der Waals surface area contributed by atoms with Crippen molar-refractivity contribution in [1.29, 1.82) is 0 Å². The highest BCUT2D eigenvalue weighted by Crippen LogP contribution is 2.30. The SMILES string of the molecule is Cc1noc(C)c1CSc1ccccc1C(=O)N1CCN(C(=O)C(C)(C)C)CC1. The number of carbonyl (C=O) groups excluding carboxylic acids is 2. The first kappa shape index (κ1) is 21.4. The smallest absolute Gasteiger partial charge is 0.255 e. The maximum atomic E-state index is 13.2. The van der Waals surface area contributed by atoms with Gasteiger partial charge in [-0.1, -0.05) is 38.1 Å². The van der Waals surface area contributed by atoms with Crippen LogP contribution < -0.4 is 0 Å². The Hall–Kier alpha value is -2.28. The van der Waals surface area contributed by atoms with Crippen LogP contribution in [0.4, 0.5) is 0 Å². The number of thioether (sulfide) groups is 1. The molecular weight excluding hydrogens is 386 g/mol. The van der Waals surface area contributed by atoms with Gasteiger partial charge in [0.1, 0.15) is 5.76 Å². The van der Waals surface area contributed by atoms with Gasteiger partial charge in [-0.05, 0) is 26.0 Å². The van der Waals surface area contributed by atoms with Crippen molar-refractivity contribution in [1.82, 2.24) is 15.0 Å². The summed E-state index contributed by atoms with van der Waals surface area (Å²) in [6.07, 6.45) is 0. The van der Waals surface area contributed by atoms with Crippen LogP contribution in [0, 0.1) is 19.3 Å². The summed E-state index contributed by atoms with van der Waals surface area (Å²) in [6, 6.07) is 7.71. The van der Waals surface area contributed by atoms with Crippen molar-refractivity contribution in [2.75, 3.05) is 26.2 Å². The number of hydrogen-bond acceptors (Lipinski definition) is 5. The fourth-order valence-electron chi connectivity index (χ4n) is 3.38. The second kappa shape index (κ2) is 8.61. The molecule has 6 nitrogen and oxygen atoms in total.